The van der Waals surface area contributed by atoms with E-state index in [4.69, 9.17) is 9.47 Å². The van der Waals surface area contributed by atoms with Crippen LogP contribution in [0.15, 0.2) is 48.8 Å². The lowest BCUT2D eigenvalue weighted by atomic mass is 10.2. The first-order valence-corrected chi connectivity index (χ1v) is 6.69. The number of aromatic nitrogens is 1. The first kappa shape index (κ1) is 14.5. The Balaban J connectivity index is 1.59. The van der Waals surface area contributed by atoms with E-state index >= 15 is 0 Å². The Hall–Kier alpha value is -1.91. The molecule has 1 aromatic heterocycles. The Morgan fingerprint density at radius 1 is 1.15 bits per heavy atom. The van der Waals surface area contributed by atoms with Crippen LogP contribution in [0.2, 0.25) is 0 Å². The lowest BCUT2D eigenvalue weighted by Gasteiger charge is -2.07. The molecule has 0 saturated carbocycles. The Labute approximate surface area is 119 Å². The van der Waals surface area contributed by atoms with E-state index in [0.717, 1.165) is 24.4 Å². The van der Waals surface area contributed by atoms with Crippen molar-refractivity contribution in [1.29, 1.82) is 0 Å². The summed E-state index contributed by atoms with van der Waals surface area (Å²) in [5.41, 5.74) is 2.30. The van der Waals surface area contributed by atoms with Gasteiger partial charge in [0.15, 0.2) is 0 Å². The fourth-order valence-corrected chi connectivity index (χ4v) is 1.83. The van der Waals surface area contributed by atoms with Crippen LogP contribution in [0.1, 0.15) is 11.1 Å². The zero-order valence-corrected chi connectivity index (χ0v) is 11.7. The summed E-state index contributed by atoms with van der Waals surface area (Å²) in [6.07, 6.45) is 3.64. The summed E-state index contributed by atoms with van der Waals surface area (Å²) in [5, 5.41) is 3.32. The maximum atomic E-state index is 5.62. The minimum absolute atomic E-state index is 0.603. The fraction of sp³-hybridized carbons (Fsp3) is 0.312. The average molecular weight is 272 g/mol. The maximum absolute atomic E-state index is 5.62. The van der Waals surface area contributed by atoms with Crippen LogP contribution in [0.25, 0.3) is 0 Å². The van der Waals surface area contributed by atoms with Crippen molar-refractivity contribution in [2.24, 2.45) is 0 Å². The van der Waals surface area contributed by atoms with Gasteiger partial charge in [0.25, 0.3) is 0 Å². The second-order valence-corrected chi connectivity index (χ2v) is 4.44. The molecule has 2 rings (SSSR count). The van der Waals surface area contributed by atoms with Gasteiger partial charge in [-0.05, 0) is 29.3 Å². The van der Waals surface area contributed by atoms with Crippen LogP contribution in [0.4, 0.5) is 0 Å². The van der Waals surface area contributed by atoms with Crippen LogP contribution in [0, 0.1) is 0 Å². The molecular formula is C16H20N2O2. The van der Waals surface area contributed by atoms with Gasteiger partial charge in [-0.1, -0.05) is 18.2 Å². The van der Waals surface area contributed by atoms with Crippen molar-refractivity contribution in [2.45, 2.75) is 13.2 Å². The van der Waals surface area contributed by atoms with E-state index in [1.807, 2.05) is 36.5 Å². The summed E-state index contributed by atoms with van der Waals surface area (Å²) >= 11 is 0. The van der Waals surface area contributed by atoms with E-state index in [2.05, 4.69) is 16.4 Å². The molecule has 0 aliphatic rings. The van der Waals surface area contributed by atoms with Gasteiger partial charge in [0, 0.05) is 25.5 Å². The number of nitrogens with one attached hydrogen (secondary N) is 1. The largest absolute Gasteiger partial charge is 0.497 e. The van der Waals surface area contributed by atoms with Crippen molar-refractivity contribution >= 4 is 0 Å². The number of hydrogen-bond donors (Lipinski definition) is 1. The molecule has 0 bridgehead atoms. The second-order valence-electron chi connectivity index (χ2n) is 4.44. The monoisotopic (exact) mass is 272 g/mol. The predicted molar refractivity (Wildman–Crippen MR) is 78.6 cm³/mol. The van der Waals surface area contributed by atoms with E-state index < -0.39 is 0 Å². The molecule has 2 aromatic rings. The lowest BCUT2D eigenvalue weighted by Crippen LogP contribution is -2.19. The third kappa shape index (κ3) is 4.99. The average Bonchev–Trinajstić information content (AvgIpc) is 2.52. The molecule has 1 aromatic carbocycles. The first-order valence-electron chi connectivity index (χ1n) is 6.69. The molecular weight excluding hydrogens is 252 g/mol. The van der Waals surface area contributed by atoms with Crippen LogP contribution < -0.4 is 10.1 Å². The zero-order chi connectivity index (χ0) is 14.0. The molecule has 0 unspecified atom stereocenters. The highest BCUT2D eigenvalue weighted by Crippen LogP contribution is 2.12. The number of methoxy groups -OCH3 is 1. The lowest BCUT2D eigenvalue weighted by molar-refractivity contribution is 0.122. The summed E-state index contributed by atoms with van der Waals surface area (Å²) < 4.78 is 10.8. The van der Waals surface area contributed by atoms with Crippen LogP contribution in [0.3, 0.4) is 0 Å². The molecule has 1 N–H and O–H groups in total. The molecule has 0 amide bonds. The highest BCUT2D eigenvalue weighted by Gasteiger charge is 1.96. The number of pyridine rings is 1. The molecule has 0 spiro atoms. The van der Waals surface area contributed by atoms with Crippen molar-refractivity contribution in [3.63, 3.8) is 0 Å². The topological polar surface area (TPSA) is 43.4 Å². The quantitative estimate of drug-likeness (QED) is 0.749. The summed E-state index contributed by atoms with van der Waals surface area (Å²) in [6.45, 7) is 2.92. The summed E-state index contributed by atoms with van der Waals surface area (Å²) in [7, 11) is 1.67. The summed E-state index contributed by atoms with van der Waals surface area (Å²) in [4.78, 5) is 4.07. The van der Waals surface area contributed by atoms with Crippen LogP contribution in [0.5, 0.6) is 5.75 Å². The molecule has 20 heavy (non-hydrogen) atoms. The molecule has 1 heterocycles. The van der Waals surface area contributed by atoms with Crippen LogP contribution >= 0.6 is 0 Å². The number of benzene rings is 1. The minimum Gasteiger partial charge on any atom is -0.497 e. The van der Waals surface area contributed by atoms with Crippen molar-refractivity contribution in [3.05, 3.63) is 59.9 Å². The van der Waals surface area contributed by atoms with Gasteiger partial charge in [0.1, 0.15) is 5.75 Å². The van der Waals surface area contributed by atoms with Gasteiger partial charge in [-0.2, -0.15) is 0 Å². The van der Waals surface area contributed by atoms with Gasteiger partial charge >= 0.3 is 0 Å². The van der Waals surface area contributed by atoms with Crippen LogP contribution in [-0.2, 0) is 17.9 Å². The number of rotatable bonds is 8. The van der Waals surface area contributed by atoms with E-state index in [9.17, 15) is 0 Å². The molecule has 4 heteroatoms. The SMILES string of the molecule is COc1cccc(COCCNCc2cccnc2)c1. The number of ether oxygens (including phenoxy) is 2. The van der Waals surface area contributed by atoms with Crippen molar-refractivity contribution in [3.8, 4) is 5.75 Å². The number of nitrogens with zero attached hydrogens (tertiary/aromatic N) is 1. The van der Waals surface area contributed by atoms with Crippen molar-refractivity contribution in [1.82, 2.24) is 10.3 Å². The Bertz CT molecular complexity index is 503. The third-order valence-corrected chi connectivity index (χ3v) is 2.88. The highest BCUT2D eigenvalue weighted by molar-refractivity contribution is 5.27. The van der Waals surface area contributed by atoms with Crippen molar-refractivity contribution in [2.75, 3.05) is 20.3 Å². The van der Waals surface area contributed by atoms with Gasteiger partial charge in [-0.3, -0.25) is 4.98 Å². The molecule has 4 nitrogen and oxygen atoms in total. The van der Waals surface area contributed by atoms with E-state index in [1.165, 1.54) is 5.56 Å². The smallest absolute Gasteiger partial charge is 0.119 e. The maximum Gasteiger partial charge on any atom is 0.119 e. The molecule has 0 aliphatic carbocycles. The Morgan fingerprint density at radius 2 is 2.05 bits per heavy atom. The van der Waals surface area contributed by atoms with Gasteiger partial charge in [-0.25, -0.2) is 0 Å². The standard InChI is InChI=1S/C16H20N2O2/c1-19-16-6-2-4-14(10-16)13-20-9-8-18-12-15-5-3-7-17-11-15/h2-7,10-11,18H,8-9,12-13H2,1H3. The normalized spacial score (nSPS) is 10.4. The Morgan fingerprint density at radius 3 is 2.85 bits per heavy atom. The molecule has 0 fully saturated rings. The molecule has 0 atom stereocenters. The van der Waals surface area contributed by atoms with E-state index in [-0.39, 0.29) is 0 Å². The summed E-state index contributed by atoms with van der Waals surface area (Å²) in [6, 6.07) is 11.9. The van der Waals surface area contributed by atoms with E-state index in [0.29, 0.717) is 13.2 Å². The summed E-state index contributed by atoms with van der Waals surface area (Å²) in [5.74, 6) is 0.862. The zero-order valence-electron chi connectivity index (χ0n) is 11.7. The van der Waals surface area contributed by atoms with E-state index in [1.54, 1.807) is 13.3 Å². The Kier molecular flexibility index (Phi) is 6.02. The van der Waals surface area contributed by atoms with Gasteiger partial charge < -0.3 is 14.8 Å². The third-order valence-electron chi connectivity index (χ3n) is 2.88. The molecule has 0 aliphatic heterocycles. The minimum atomic E-state index is 0.603. The molecule has 0 saturated heterocycles. The van der Waals surface area contributed by atoms with Gasteiger partial charge in [-0.15, -0.1) is 0 Å². The first-order chi connectivity index (χ1) is 9.88. The van der Waals surface area contributed by atoms with Crippen molar-refractivity contribution < 1.29 is 9.47 Å². The number of hydrogen-bond acceptors (Lipinski definition) is 4. The predicted octanol–water partition coefficient (Wildman–Crippen LogP) is 2.40. The van der Waals surface area contributed by atoms with Gasteiger partial charge in [0.05, 0.1) is 20.3 Å². The highest BCUT2D eigenvalue weighted by atomic mass is 16.5. The second kappa shape index (κ2) is 8.30. The fourth-order valence-electron chi connectivity index (χ4n) is 1.83. The van der Waals surface area contributed by atoms with Crippen LogP contribution in [-0.4, -0.2) is 25.2 Å². The molecule has 106 valence electrons. The molecule has 0 radical (unpaired) electrons. The van der Waals surface area contributed by atoms with Gasteiger partial charge in [0.2, 0.25) is 0 Å².